The Labute approximate surface area is 111 Å². The number of aromatic nitrogens is 3. The molecule has 0 radical (unpaired) electrons. The van der Waals surface area contributed by atoms with Gasteiger partial charge in [-0.25, -0.2) is 14.5 Å². The summed E-state index contributed by atoms with van der Waals surface area (Å²) in [7, 11) is 0. The highest BCUT2D eigenvalue weighted by Gasteiger charge is 2.18. The minimum absolute atomic E-state index is 0.0105. The van der Waals surface area contributed by atoms with Crippen LogP contribution in [0.4, 0.5) is 5.69 Å². The Morgan fingerprint density at radius 2 is 2.25 bits per heavy atom. The van der Waals surface area contributed by atoms with Crippen molar-refractivity contribution in [1.29, 1.82) is 5.26 Å². The first-order chi connectivity index (χ1) is 9.43. The molecule has 2 rings (SSSR count). The molecule has 2 heterocycles. The van der Waals surface area contributed by atoms with Crippen LogP contribution in [-0.2, 0) is 0 Å². The first-order valence-electron chi connectivity index (χ1n) is 5.29. The zero-order valence-corrected chi connectivity index (χ0v) is 10.1. The summed E-state index contributed by atoms with van der Waals surface area (Å²) in [5.74, 6) is -1.01. The minimum atomic E-state index is -1.14. The van der Waals surface area contributed by atoms with Crippen LogP contribution < -0.4 is 0 Å². The molecular weight excluding hydrogens is 266 g/mol. The van der Waals surface area contributed by atoms with Gasteiger partial charge in [0.05, 0.1) is 10.6 Å². The average Bonchev–Trinajstić information content (AvgIpc) is 2.80. The molecule has 0 saturated heterocycles. The second-order valence-electron chi connectivity index (χ2n) is 3.78. The third-order valence-electron chi connectivity index (χ3n) is 2.53. The smallest absolute Gasteiger partial charge is 0.339 e. The van der Waals surface area contributed by atoms with Crippen LogP contribution in [0.1, 0.15) is 21.7 Å². The van der Waals surface area contributed by atoms with Crippen LogP contribution in [0.25, 0.3) is 5.82 Å². The van der Waals surface area contributed by atoms with E-state index in [1.807, 2.05) is 0 Å². The number of aryl methyl sites for hydroxylation is 1. The molecule has 0 aliphatic carbocycles. The highest BCUT2D eigenvalue weighted by molar-refractivity contribution is 5.88. The predicted molar refractivity (Wildman–Crippen MR) is 64.4 cm³/mol. The minimum Gasteiger partial charge on any atom is -0.478 e. The molecule has 0 bridgehead atoms. The number of carbonyl (C=O) groups is 1. The normalized spacial score (nSPS) is 10.0. The molecule has 0 unspecified atom stereocenters. The van der Waals surface area contributed by atoms with Gasteiger partial charge in [0.2, 0.25) is 5.69 Å². The first kappa shape index (κ1) is 13.2. The largest absolute Gasteiger partial charge is 0.478 e. The summed E-state index contributed by atoms with van der Waals surface area (Å²) >= 11 is 0. The molecule has 0 amide bonds. The SMILES string of the molecule is Cc1nn(-c2ccc([N+](=O)[O-])c(C#N)n2)cc1C(=O)O. The van der Waals surface area contributed by atoms with Crippen molar-refractivity contribution in [2.24, 2.45) is 0 Å². The lowest BCUT2D eigenvalue weighted by Crippen LogP contribution is -2.02. The Morgan fingerprint density at radius 1 is 1.55 bits per heavy atom. The zero-order valence-electron chi connectivity index (χ0n) is 10.1. The van der Waals surface area contributed by atoms with Crippen LogP contribution in [-0.4, -0.2) is 30.8 Å². The van der Waals surface area contributed by atoms with Crippen LogP contribution in [0.15, 0.2) is 18.3 Å². The maximum atomic E-state index is 10.9. The number of rotatable bonds is 3. The highest BCUT2D eigenvalue weighted by atomic mass is 16.6. The van der Waals surface area contributed by atoms with Crippen molar-refractivity contribution in [1.82, 2.24) is 14.8 Å². The number of nitro groups is 1. The molecule has 0 aliphatic rings. The number of hydrogen-bond acceptors (Lipinski definition) is 6. The molecule has 2 aromatic heterocycles. The number of aromatic carboxylic acids is 1. The van der Waals surface area contributed by atoms with E-state index in [4.69, 9.17) is 10.4 Å². The van der Waals surface area contributed by atoms with Crippen LogP contribution in [0.5, 0.6) is 0 Å². The van der Waals surface area contributed by atoms with Crippen LogP contribution >= 0.6 is 0 Å². The topological polar surface area (TPSA) is 135 Å². The number of pyridine rings is 1. The lowest BCUT2D eigenvalue weighted by molar-refractivity contribution is -0.385. The van der Waals surface area contributed by atoms with E-state index in [9.17, 15) is 14.9 Å². The maximum Gasteiger partial charge on any atom is 0.339 e. The molecule has 9 heteroatoms. The van der Waals surface area contributed by atoms with Crippen molar-refractivity contribution in [2.45, 2.75) is 6.92 Å². The van der Waals surface area contributed by atoms with Gasteiger partial charge in [-0.2, -0.15) is 10.4 Å². The van der Waals surface area contributed by atoms with E-state index in [0.717, 1.165) is 10.7 Å². The molecule has 2 aromatic rings. The molecule has 20 heavy (non-hydrogen) atoms. The van der Waals surface area contributed by atoms with E-state index in [0.29, 0.717) is 0 Å². The lowest BCUT2D eigenvalue weighted by Gasteiger charge is -2.00. The molecule has 1 N–H and O–H groups in total. The Bertz CT molecular complexity index is 759. The molecule has 0 aliphatic heterocycles. The van der Waals surface area contributed by atoms with Crippen molar-refractivity contribution < 1.29 is 14.8 Å². The number of hydrogen-bond donors (Lipinski definition) is 1. The predicted octanol–water partition coefficient (Wildman–Crippen LogP) is 1.05. The van der Waals surface area contributed by atoms with Gasteiger partial charge >= 0.3 is 11.7 Å². The van der Waals surface area contributed by atoms with E-state index in [1.165, 1.54) is 19.2 Å². The summed E-state index contributed by atoms with van der Waals surface area (Å²) in [6.07, 6.45) is 1.23. The van der Waals surface area contributed by atoms with Gasteiger partial charge in [0.1, 0.15) is 11.6 Å². The number of nitrogens with zero attached hydrogens (tertiary/aromatic N) is 5. The van der Waals surface area contributed by atoms with E-state index < -0.39 is 16.6 Å². The molecule has 0 aromatic carbocycles. The van der Waals surface area contributed by atoms with E-state index in [-0.39, 0.29) is 22.8 Å². The Kier molecular flexibility index (Phi) is 3.14. The molecule has 0 fully saturated rings. The molecule has 0 saturated carbocycles. The molecule has 0 spiro atoms. The van der Waals surface area contributed by atoms with Gasteiger partial charge < -0.3 is 5.11 Å². The summed E-state index contributed by atoms with van der Waals surface area (Å²) in [6.45, 7) is 1.51. The first-order valence-corrected chi connectivity index (χ1v) is 5.29. The van der Waals surface area contributed by atoms with E-state index in [2.05, 4.69) is 10.1 Å². The monoisotopic (exact) mass is 273 g/mol. The van der Waals surface area contributed by atoms with Crippen molar-refractivity contribution >= 4 is 11.7 Å². The number of nitriles is 1. The quantitative estimate of drug-likeness (QED) is 0.652. The molecular formula is C11H7N5O4. The van der Waals surface area contributed by atoms with Gasteiger partial charge in [0.25, 0.3) is 0 Å². The van der Waals surface area contributed by atoms with Gasteiger partial charge in [-0.15, -0.1) is 0 Å². The second kappa shape index (κ2) is 4.77. The number of carboxylic acid groups (broad SMARTS) is 1. The van der Waals surface area contributed by atoms with Gasteiger partial charge in [0.15, 0.2) is 5.82 Å². The third kappa shape index (κ3) is 2.17. The number of carboxylic acids is 1. The Hall–Kier alpha value is -3.28. The molecule has 0 atom stereocenters. The van der Waals surface area contributed by atoms with Gasteiger partial charge in [0, 0.05) is 12.3 Å². The summed E-state index contributed by atoms with van der Waals surface area (Å²) in [6, 6.07) is 4.03. The maximum absolute atomic E-state index is 10.9. The standard InChI is InChI=1S/C11H7N5O4/c1-6-7(11(17)18)5-15(14-6)10-3-2-9(16(19)20)8(4-12)13-10/h2-3,5H,1H3,(H,17,18). The molecule has 9 nitrogen and oxygen atoms in total. The summed E-state index contributed by atoms with van der Waals surface area (Å²) < 4.78 is 1.16. The fourth-order valence-corrected chi connectivity index (χ4v) is 1.59. The fraction of sp³-hybridized carbons (Fsp3) is 0.0909. The second-order valence-corrected chi connectivity index (χ2v) is 3.78. The van der Waals surface area contributed by atoms with Crippen molar-refractivity contribution in [2.75, 3.05) is 0 Å². The Balaban J connectivity index is 2.54. The van der Waals surface area contributed by atoms with Crippen molar-refractivity contribution in [3.8, 4) is 11.9 Å². The fourth-order valence-electron chi connectivity index (χ4n) is 1.59. The van der Waals surface area contributed by atoms with Gasteiger partial charge in [-0.1, -0.05) is 0 Å². The lowest BCUT2D eigenvalue weighted by atomic mass is 10.3. The summed E-state index contributed by atoms with van der Waals surface area (Å²) in [4.78, 5) is 24.7. The Morgan fingerprint density at radius 3 is 2.75 bits per heavy atom. The van der Waals surface area contributed by atoms with E-state index in [1.54, 1.807) is 6.07 Å². The van der Waals surface area contributed by atoms with E-state index >= 15 is 0 Å². The highest BCUT2D eigenvalue weighted by Crippen LogP contribution is 2.18. The summed E-state index contributed by atoms with van der Waals surface area (Å²) in [5, 5.41) is 32.4. The third-order valence-corrected chi connectivity index (χ3v) is 2.53. The zero-order chi connectivity index (χ0) is 14.9. The summed E-state index contributed by atoms with van der Waals surface area (Å²) in [5.41, 5.74) is -0.518. The van der Waals surface area contributed by atoms with Crippen LogP contribution in [0.3, 0.4) is 0 Å². The van der Waals surface area contributed by atoms with Gasteiger partial charge in [-0.3, -0.25) is 10.1 Å². The van der Waals surface area contributed by atoms with Crippen LogP contribution in [0.2, 0.25) is 0 Å². The van der Waals surface area contributed by atoms with Crippen LogP contribution in [0, 0.1) is 28.4 Å². The van der Waals surface area contributed by atoms with Crippen molar-refractivity contribution in [3.05, 3.63) is 45.4 Å². The van der Waals surface area contributed by atoms with Gasteiger partial charge in [-0.05, 0) is 13.0 Å². The van der Waals surface area contributed by atoms with Crippen molar-refractivity contribution in [3.63, 3.8) is 0 Å². The molecule has 100 valence electrons. The average molecular weight is 273 g/mol.